The number of aliphatic hydroxyl groups is 2. The van der Waals surface area contributed by atoms with Crippen LogP contribution in [0.3, 0.4) is 0 Å². The normalized spacial score (nSPS) is 10.5. The van der Waals surface area contributed by atoms with Crippen molar-refractivity contribution in [1.29, 1.82) is 0 Å². The maximum absolute atomic E-state index is 9.60. The van der Waals surface area contributed by atoms with Crippen LogP contribution in [-0.4, -0.2) is 191 Å². The van der Waals surface area contributed by atoms with E-state index in [-0.39, 0.29) is 24.4 Å². The van der Waals surface area contributed by atoms with Crippen LogP contribution in [0.2, 0.25) is 0 Å². The van der Waals surface area contributed by atoms with Gasteiger partial charge < -0.3 is 72.5 Å². The van der Waals surface area contributed by atoms with E-state index >= 15 is 0 Å². The van der Waals surface area contributed by atoms with Crippen LogP contribution in [0, 0.1) is 0 Å². The molecular weight excluding hydrogens is 656 g/mol. The Morgan fingerprint density at radius 2 is 0.449 bits per heavy atom. The van der Waals surface area contributed by atoms with E-state index in [2.05, 4.69) is 13.2 Å². The van der Waals surface area contributed by atoms with E-state index in [1.165, 1.54) is 13.8 Å². The molecule has 0 saturated heterocycles. The Kier molecular flexibility index (Phi) is 48.0. The van der Waals surface area contributed by atoms with Gasteiger partial charge in [0.15, 0.2) is 0 Å². The Bertz CT molecular complexity index is 642. The Morgan fingerprint density at radius 1 is 0.347 bits per heavy atom. The lowest BCUT2D eigenvalue weighted by Gasteiger charge is -2.09. The summed E-state index contributed by atoms with van der Waals surface area (Å²) in [7, 11) is 0. The van der Waals surface area contributed by atoms with E-state index in [1.807, 2.05) is 0 Å². The SMILES string of the molecule is C=C(C)C(=O)O.C=C(C)C(=O)O.OCCOCCOCCOCCOCCOCCOCCOCCOCCOCCOCCOCCO. The molecule has 0 heterocycles. The van der Waals surface area contributed by atoms with Crippen molar-refractivity contribution < 1.29 is 82.1 Å². The van der Waals surface area contributed by atoms with Gasteiger partial charge in [-0.3, -0.25) is 0 Å². The molecule has 0 saturated carbocycles. The minimum absolute atomic E-state index is 0.0253. The third-order valence-electron chi connectivity index (χ3n) is 4.92. The fourth-order valence-electron chi connectivity index (χ4n) is 2.43. The molecule has 0 atom stereocenters. The number of hydrogen-bond donors (Lipinski definition) is 4. The third kappa shape index (κ3) is 55.6. The fourth-order valence-corrected chi connectivity index (χ4v) is 2.43. The third-order valence-corrected chi connectivity index (χ3v) is 4.92. The Morgan fingerprint density at radius 3 is 0.531 bits per heavy atom. The second-order valence-electron chi connectivity index (χ2n) is 9.35. The lowest BCUT2D eigenvalue weighted by Crippen LogP contribution is -2.15. The molecule has 17 nitrogen and oxygen atoms in total. The van der Waals surface area contributed by atoms with Crippen LogP contribution in [0.5, 0.6) is 0 Å². The van der Waals surface area contributed by atoms with Gasteiger partial charge in [0.2, 0.25) is 0 Å². The number of aliphatic hydroxyl groups excluding tert-OH is 2. The van der Waals surface area contributed by atoms with Crippen molar-refractivity contribution in [3.8, 4) is 0 Å². The summed E-state index contributed by atoms with van der Waals surface area (Å²) >= 11 is 0. The summed E-state index contributed by atoms with van der Waals surface area (Å²) in [5, 5.41) is 32.9. The predicted molar refractivity (Wildman–Crippen MR) is 178 cm³/mol. The fraction of sp³-hybridized carbons (Fsp3) is 0.812. The van der Waals surface area contributed by atoms with E-state index in [1.54, 1.807) is 0 Å². The molecule has 292 valence electrons. The van der Waals surface area contributed by atoms with Crippen LogP contribution in [0.15, 0.2) is 24.3 Å². The molecule has 0 unspecified atom stereocenters. The van der Waals surface area contributed by atoms with Crippen molar-refractivity contribution in [2.45, 2.75) is 13.8 Å². The number of aliphatic carboxylic acids is 2. The lowest BCUT2D eigenvalue weighted by atomic mass is 10.4. The monoisotopic (exact) mass is 718 g/mol. The van der Waals surface area contributed by atoms with Crippen molar-refractivity contribution in [1.82, 2.24) is 0 Å². The Hall–Kier alpha value is -2.10. The van der Waals surface area contributed by atoms with Gasteiger partial charge in [-0.05, 0) is 13.8 Å². The summed E-state index contributed by atoms with van der Waals surface area (Å²) in [6.45, 7) is 19.9. The van der Waals surface area contributed by atoms with Crippen molar-refractivity contribution in [3.05, 3.63) is 24.3 Å². The zero-order valence-electron chi connectivity index (χ0n) is 29.5. The van der Waals surface area contributed by atoms with Crippen LogP contribution < -0.4 is 0 Å². The number of rotatable bonds is 36. The van der Waals surface area contributed by atoms with Crippen LogP contribution >= 0.6 is 0 Å². The molecule has 17 heteroatoms. The van der Waals surface area contributed by atoms with Crippen LogP contribution in [-0.2, 0) is 61.7 Å². The molecule has 0 aromatic carbocycles. The van der Waals surface area contributed by atoms with Crippen LogP contribution in [0.4, 0.5) is 0 Å². The molecule has 49 heavy (non-hydrogen) atoms. The van der Waals surface area contributed by atoms with E-state index in [9.17, 15) is 9.59 Å². The molecule has 0 aliphatic carbocycles. The highest BCUT2D eigenvalue weighted by molar-refractivity contribution is 5.85. The van der Waals surface area contributed by atoms with E-state index in [0.29, 0.717) is 145 Å². The molecule has 0 spiro atoms. The second-order valence-corrected chi connectivity index (χ2v) is 9.35. The number of carbonyl (C=O) groups is 2. The molecule has 0 radical (unpaired) electrons. The summed E-state index contributed by atoms with van der Waals surface area (Å²) in [4.78, 5) is 19.2. The zero-order chi connectivity index (χ0) is 37.1. The summed E-state index contributed by atoms with van der Waals surface area (Å²) in [5.74, 6) is -1.87. The van der Waals surface area contributed by atoms with Gasteiger partial charge in [0.1, 0.15) is 0 Å². The highest BCUT2D eigenvalue weighted by Gasteiger charge is 1.96. The maximum Gasteiger partial charge on any atom is 0.330 e. The predicted octanol–water partition coefficient (Wildman–Crippen LogP) is 0.448. The smallest absolute Gasteiger partial charge is 0.330 e. The Labute approximate surface area is 290 Å². The average Bonchev–Trinajstić information content (AvgIpc) is 3.07. The standard InChI is InChI=1S/C24H50O13.2C4H6O2/c25-1-3-27-5-7-29-9-11-31-13-15-33-17-19-35-21-23-37-24-22-36-20-18-34-16-14-32-12-10-30-8-6-28-4-2-26;2*1-3(2)4(5)6/h25-26H,1-24H2;2*1H2,2H3,(H,5,6). The van der Waals surface area contributed by atoms with E-state index < -0.39 is 11.9 Å². The van der Waals surface area contributed by atoms with Crippen molar-refractivity contribution in [2.24, 2.45) is 0 Å². The molecule has 0 amide bonds. The summed E-state index contributed by atoms with van der Waals surface area (Å²) in [6, 6.07) is 0. The lowest BCUT2D eigenvalue weighted by molar-refractivity contribution is -0.133. The number of hydrogen-bond acceptors (Lipinski definition) is 15. The van der Waals surface area contributed by atoms with Gasteiger partial charge in [-0.2, -0.15) is 0 Å². The average molecular weight is 719 g/mol. The quantitative estimate of drug-likeness (QED) is 0.0511. The number of carboxylic acids is 2. The molecule has 0 aliphatic rings. The first kappa shape index (κ1) is 51.3. The summed E-state index contributed by atoms with van der Waals surface area (Å²) < 4.78 is 58.7. The van der Waals surface area contributed by atoms with Crippen molar-refractivity contribution >= 4 is 11.9 Å². The first-order valence-corrected chi connectivity index (χ1v) is 16.0. The number of ether oxygens (including phenoxy) is 11. The minimum atomic E-state index is -0.935. The van der Waals surface area contributed by atoms with Gasteiger partial charge in [0, 0.05) is 11.1 Å². The molecular formula is C32H62O17. The molecule has 0 fully saturated rings. The second kappa shape index (κ2) is 45.9. The highest BCUT2D eigenvalue weighted by atomic mass is 16.6. The minimum Gasteiger partial charge on any atom is -0.478 e. The van der Waals surface area contributed by atoms with Crippen LogP contribution in [0.25, 0.3) is 0 Å². The molecule has 4 N–H and O–H groups in total. The topological polar surface area (TPSA) is 217 Å². The van der Waals surface area contributed by atoms with Gasteiger partial charge in [-0.25, -0.2) is 9.59 Å². The van der Waals surface area contributed by atoms with Gasteiger partial charge in [0.25, 0.3) is 0 Å². The van der Waals surface area contributed by atoms with Crippen molar-refractivity contribution in [2.75, 3.05) is 159 Å². The van der Waals surface area contributed by atoms with Crippen molar-refractivity contribution in [3.63, 3.8) is 0 Å². The van der Waals surface area contributed by atoms with Gasteiger partial charge in [0.05, 0.1) is 159 Å². The summed E-state index contributed by atoms with van der Waals surface area (Å²) in [5.41, 5.74) is 0.352. The first-order valence-electron chi connectivity index (χ1n) is 16.0. The molecule has 0 bridgehead atoms. The molecule has 0 aromatic heterocycles. The van der Waals surface area contributed by atoms with E-state index in [4.69, 9.17) is 72.5 Å². The Balaban J connectivity index is -0.00000149. The highest BCUT2D eigenvalue weighted by Crippen LogP contribution is 1.87. The van der Waals surface area contributed by atoms with Gasteiger partial charge in [-0.15, -0.1) is 0 Å². The number of carboxylic acid groups (broad SMARTS) is 2. The molecule has 0 aromatic rings. The van der Waals surface area contributed by atoms with Gasteiger partial charge in [-0.1, -0.05) is 13.2 Å². The zero-order valence-corrected chi connectivity index (χ0v) is 29.5. The largest absolute Gasteiger partial charge is 0.478 e. The first-order chi connectivity index (χ1) is 23.7. The summed E-state index contributed by atoms with van der Waals surface area (Å²) in [6.07, 6.45) is 0. The van der Waals surface area contributed by atoms with Gasteiger partial charge >= 0.3 is 11.9 Å². The molecule has 0 rings (SSSR count). The van der Waals surface area contributed by atoms with E-state index in [0.717, 1.165) is 0 Å². The maximum atomic E-state index is 9.60. The van der Waals surface area contributed by atoms with Crippen LogP contribution in [0.1, 0.15) is 13.8 Å². The molecule has 0 aliphatic heterocycles.